The summed E-state index contributed by atoms with van der Waals surface area (Å²) in [5.74, 6) is 1.63. The van der Waals surface area contributed by atoms with Gasteiger partial charge in [0.15, 0.2) is 0 Å². The van der Waals surface area contributed by atoms with Crippen molar-refractivity contribution in [1.29, 1.82) is 0 Å². The van der Waals surface area contributed by atoms with Crippen LogP contribution in [-0.4, -0.2) is 16.6 Å². The summed E-state index contributed by atoms with van der Waals surface area (Å²) < 4.78 is 6.27. The zero-order valence-electron chi connectivity index (χ0n) is 10.1. The third-order valence-electron chi connectivity index (χ3n) is 2.23. The Labute approximate surface area is 115 Å². The van der Waals surface area contributed by atoms with E-state index in [1.54, 1.807) is 0 Å². The maximum absolute atomic E-state index is 5.52. The Hall–Kier alpha value is -1.62. The largest absolute Gasteiger partial charge is 0.494 e. The van der Waals surface area contributed by atoms with E-state index in [2.05, 4.69) is 38.1 Å². The Morgan fingerprint density at radius 3 is 2.67 bits per heavy atom. The molecule has 94 valence electrons. The summed E-state index contributed by atoms with van der Waals surface area (Å²) in [5.41, 5.74) is 0.962. The second kappa shape index (κ2) is 6.35. The molecule has 4 nitrogen and oxygen atoms in total. The molecule has 18 heavy (non-hydrogen) atoms. The predicted molar refractivity (Wildman–Crippen MR) is 75.2 cm³/mol. The van der Waals surface area contributed by atoms with E-state index in [1.807, 2.05) is 30.3 Å². The number of aromatic nitrogens is 2. The summed E-state index contributed by atoms with van der Waals surface area (Å²) in [4.78, 5) is 8.10. The zero-order valence-corrected chi connectivity index (χ0v) is 11.6. The SMILES string of the molecule is CCCOc1ccc(Nc2cc(Br)ncn2)cc1. The molecule has 0 fully saturated rings. The van der Waals surface area contributed by atoms with E-state index in [-0.39, 0.29) is 0 Å². The average molecular weight is 308 g/mol. The van der Waals surface area contributed by atoms with Crippen molar-refractivity contribution in [2.45, 2.75) is 13.3 Å². The van der Waals surface area contributed by atoms with Crippen molar-refractivity contribution < 1.29 is 4.74 Å². The Morgan fingerprint density at radius 2 is 2.00 bits per heavy atom. The average Bonchev–Trinajstić information content (AvgIpc) is 2.38. The predicted octanol–water partition coefficient (Wildman–Crippen LogP) is 3.77. The molecule has 1 heterocycles. The molecule has 0 saturated carbocycles. The van der Waals surface area contributed by atoms with Crippen molar-refractivity contribution in [3.8, 4) is 5.75 Å². The lowest BCUT2D eigenvalue weighted by atomic mass is 10.3. The molecule has 0 saturated heterocycles. The van der Waals surface area contributed by atoms with Crippen molar-refractivity contribution >= 4 is 27.4 Å². The van der Waals surface area contributed by atoms with Gasteiger partial charge >= 0.3 is 0 Å². The lowest BCUT2D eigenvalue weighted by Crippen LogP contribution is -1.96. The van der Waals surface area contributed by atoms with Crippen LogP contribution in [0.15, 0.2) is 41.3 Å². The van der Waals surface area contributed by atoms with Gasteiger partial charge in [-0.1, -0.05) is 6.92 Å². The maximum atomic E-state index is 5.52. The minimum atomic E-state index is 0.742. The van der Waals surface area contributed by atoms with Crippen LogP contribution in [0.3, 0.4) is 0 Å². The number of hydrogen-bond acceptors (Lipinski definition) is 4. The summed E-state index contributed by atoms with van der Waals surface area (Å²) in [6.07, 6.45) is 2.51. The van der Waals surface area contributed by atoms with Gasteiger partial charge in [-0.25, -0.2) is 9.97 Å². The molecule has 1 aromatic carbocycles. The van der Waals surface area contributed by atoms with Crippen LogP contribution >= 0.6 is 15.9 Å². The fourth-order valence-electron chi connectivity index (χ4n) is 1.40. The molecule has 5 heteroatoms. The summed E-state index contributed by atoms with van der Waals surface area (Å²) in [6, 6.07) is 9.62. The molecule has 1 aromatic heterocycles. The van der Waals surface area contributed by atoms with Gasteiger partial charge in [0, 0.05) is 11.8 Å². The van der Waals surface area contributed by atoms with Gasteiger partial charge in [0.1, 0.15) is 22.5 Å². The van der Waals surface area contributed by atoms with Crippen LogP contribution in [0.25, 0.3) is 0 Å². The van der Waals surface area contributed by atoms with Crippen LogP contribution < -0.4 is 10.1 Å². The van der Waals surface area contributed by atoms with Gasteiger partial charge in [0.25, 0.3) is 0 Å². The zero-order chi connectivity index (χ0) is 12.8. The molecule has 0 aliphatic rings. The van der Waals surface area contributed by atoms with Gasteiger partial charge in [-0.2, -0.15) is 0 Å². The molecule has 0 radical (unpaired) electrons. The van der Waals surface area contributed by atoms with Gasteiger partial charge in [-0.3, -0.25) is 0 Å². The maximum Gasteiger partial charge on any atom is 0.134 e. The van der Waals surface area contributed by atoms with Crippen LogP contribution in [0.4, 0.5) is 11.5 Å². The molecular formula is C13H14BrN3O. The first kappa shape index (κ1) is 12.8. The monoisotopic (exact) mass is 307 g/mol. The van der Waals surface area contributed by atoms with Crippen molar-refractivity contribution in [1.82, 2.24) is 9.97 Å². The smallest absolute Gasteiger partial charge is 0.134 e. The highest BCUT2D eigenvalue weighted by atomic mass is 79.9. The number of benzene rings is 1. The molecule has 0 spiro atoms. The number of rotatable bonds is 5. The first-order valence-corrected chi connectivity index (χ1v) is 6.54. The molecule has 2 aromatic rings. The number of hydrogen-bond donors (Lipinski definition) is 1. The first-order valence-electron chi connectivity index (χ1n) is 5.75. The molecule has 0 aliphatic carbocycles. The highest BCUT2D eigenvalue weighted by molar-refractivity contribution is 9.10. The second-order valence-electron chi connectivity index (χ2n) is 3.72. The molecule has 0 atom stereocenters. The number of anilines is 2. The lowest BCUT2D eigenvalue weighted by molar-refractivity contribution is 0.317. The van der Waals surface area contributed by atoms with Crippen LogP contribution in [0.5, 0.6) is 5.75 Å². The van der Waals surface area contributed by atoms with Gasteiger partial charge in [0.2, 0.25) is 0 Å². The second-order valence-corrected chi connectivity index (χ2v) is 4.54. The van der Waals surface area contributed by atoms with E-state index >= 15 is 0 Å². The summed E-state index contributed by atoms with van der Waals surface area (Å²) in [7, 11) is 0. The molecular weight excluding hydrogens is 294 g/mol. The van der Waals surface area contributed by atoms with Crippen LogP contribution in [0.1, 0.15) is 13.3 Å². The lowest BCUT2D eigenvalue weighted by Gasteiger charge is -2.07. The molecule has 0 unspecified atom stereocenters. The number of nitrogens with zero attached hydrogens (tertiary/aromatic N) is 2. The topological polar surface area (TPSA) is 47.0 Å². The third-order valence-corrected chi connectivity index (χ3v) is 2.67. The van der Waals surface area contributed by atoms with E-state index in [1.165, 1.54) is 6.33 Å². The van der Waals surface area contributed by atoms with Crippen LogP contribution in [0, 0.1) is 0 Å². The minimum Gasteiger partial charge on any atom is -0.494 e. The van der Waals surface area contributed by atoms with E-state index in [0.717, 1.165) is 34.9 Å². The first-order chi connectivity index (χ1) is 8.78. The number of nitrogens with one attached hydrogen (secondary N) is 1. The van der Waals surface area contributed by atoms with Gasteiger partial charge in [-0.05, 0) is 46.6 Å². The Balaban J connectivity index is 2.02. The highest BCUT2D eigenvalue weighted by Crippen LogP contribution is 2.20. The molecule has 0 aliphatic heterocycles. The van der Waals surface area contributed by atoms with E-state index in [0.29, 0.717) is 0 Å². The van der Waals surface area contributed by atoms with Crippen molar-refractivity contribution in [2.75, 3.05) is 11.9 Å². The Bertz CT molecular complexity index is 502. The van der Waals surface area contributed by atoms with E-state index in [9.17, 15) is 0 Å². The third kappa shape index (κ3) is 3.70. The van der Waals surface area contributed by atoms with Gasteiger partial charge in [0.05, 0.1) is 6.61 Å². The van der Waals surface area contributed by atoms with Gasteiger partial charge < -0.3 is 10.1 Å². The summed E-state index contributed by atoms with van der Waals surface area (Å²) in [5, 5.41) is 3.19. The highest BCUT2D eigenvalue weighted by Gasteiger charge is 1.98. The Kier molecular flexibility index (Phi) is 4.52. The normalized spacial score (nSPS) is 10.1. The number of ether oxygens (including phenoxy) is 1. The minimum absolute atomic E-state index is 0.742. The molecule has 1 N–H and O–H groups in total. The van der Waals surface area contributed by atoms with Crippen molar-refractivity contribution in [3.63, 3.8) is 0 Å². The Morgan fingerprint density at radius 1 is 1.22 bits per heavy atom. The number of halogens is 1. The van der Waals surface area contributed by atoms with E-state index < -0.39 is 0 Å². The summed E-state index contributed by atoms with van der Waals surface area (Å²) in [6.45, 7) is 2.83. The quantitative estimate of drug-likeness (QED) is 0.854. The molecule has 0 bridgehead atoms. The fraction of sp³-hybridized carbons (Fsp3) is 0.231. The molecule has 2 rings (SSSR count). The molecule has 0 amide bonds. The van der Waals surface area contributed by atoms with Gasteiger partial charge in [-0.15, -0.1) is 0 Å². The van der Waals surface area contributed by atoms with Crippen LogP contribution in [-0.2, 0) is 0 Å². The standard InChI is InChI=1S/C13H14BrN3O/c1-2-7-18-11-5-3-10(4-6-11)17-13-8-12(14)15-9-16-13/h3-6,8-9H,2,7H2,1H3,(H,15,16,17). The summed E-state index contributed by atoms with van der Waals surface area (Å²) >= 11 is 3.30. The van der Waals surface area contributed by atoms with E-state index in [4.69, 9.17) is 4.74 Å². The fourth-order valence-corrected chi connectivity index (χ4v) is 1.71. The van der Waals surface area contributed by atoms with Crippen molar-refractivity contribution in [3.05, 3.63) is 41.3 Å². The van der Waals surface area contributed by atoms with Crippen LogP contribution in [0.2, 0.25) is 0 Å². The van der Waals surface area contributed by atoms with Crippen molar-refractivity contribution in [2.24, 2.45) is 0 Å².